The number of amides is 2. The van der Waals surface area contributed by atoms with Crippen LogP contribution in [0.4, 0.5) is 5.69 Å². The summed E-state index contributed by atoms with van der Waals surface area (Å²) in [5, 5.41) is 5.28. The summed E-state index contributed by atoms with van der Waals surface area (Å²) in [4.78, 5) is 27.9. The Kier molecular flexibility index (Phi) is 4.02. The molecule has 3 aliphatic heterocycles. The van der Waals surface area contributed by atoms with Gasteiger partial charge >= 0.3 is 0 Å². The summed E-state index contributed by atoms with van der Waals surface area (Å²) in [6.07, 6.45) is 0.956. The molecule has 27 heavy (non-hydrogen) atoms. The second-order valence-electron chi connectivity index (χ2n) is 7.11. The molecule has 0 aliphatic carbocycles. The molecule has 0 saturated carbocycles. The van der Waals surface area contributed by atoms with E-state index in [0.29, 0.717) is 15.7 Å². The summed E-state index contributed by atoms with van der Waals surface area (Å²) in [5.41, 5.74) is 1.46. The number of rotatable bonds is 2. The van der Waals surface area contributed by atoms with Crippen molar-refractivity contribution in [3.8, 4) is 0 Å². The Morgan fingerprint density at radius 1 is 0.852 bits per heavy atom. The Labute approximate surface area is 167 Å². The summed E-state index contributed by atoms with van der Waals surface area (Å²) in [6.45, 7) is 1.58. The zero-order valence-corrected chi connectivity index (χ0v) is 15.9. The molecule has 0 N–H and O–H groups in total. The largest absolute Gasteiger partial charge is 0.274 e. The molecule has 5 rings (SSSR count). The molecular formula is C20H17Cl2N3O2. The molecule has 5 nitrogen and oxygen atoms in total. The summed E-state index contributed by atoms with van der Waals surface area (Å²) < 4.78 is 0. The first-order valence-electron chi connectivity index (χ1n) is 8.99. The predicted octanol–water partition coefficient (Wildman–Crippen LogP) is 3.53. The summed E-state index contributed by atoms with van der Waals surface area (Å²) in [6, 6.07) is 13.7. The number of para-hydroxylation sites is 1. The maximum atomic E-state index is 13.4. The van der Waals surface area contributed by atoms with E-state index in [0.717, 1.165) is 25.1 Å². The van der Waals surface area contributed by atoms with Gasteiger partial charge in [0.05, 0.1) is 17.6 Å². The van der Waals surface area contributed by atoms with Crippen molar-refractivity contribution in [1.29, 1.82) is 0 Å². The van der Waals surface area contributed by atoms with E-state index in [1.807, 2.05) is 24.3 Å². The maximum Gasteiger partial charge on any atom is 0.253 e. The zero-order chi connectivity index (χ0) is 18.7. The van der Waals surface area contributed by atoms with Crippen LogP contribution in [0.2, 0.25) is 10.0 Å². The second kappa shape index (κ2) is 6.31. The number of hydrazine groups is 1. The summed E-state index contributed by atoms with van der Waals surface area (Å²) in [5.74, 6) is -0.797. The Hall–Kier alpha value is -1.92. The Bertz CT molecular complexity index is 936. The zero-order valence-electron chi connectivity index (χ0n) is 14.4. The minimum absolute atomic E-state index is 0.157. The predicted molar refractivity (Wildman–Crippen MR) is 103 cm³/mol. The van der Waals surface area contributed by atoms with Crippen molar-refractivity contribution in [2.75, 3.05) is 18.0 Å². The van der Waals surface area contributed by atoms with E-state index in [9.17, 15) is 9.59 Å². The molecule has 3 fully saturated rings. The summed E-state index contributed by atoms with van der Waals surface area (Å²) >= 11 is 12.6. The fourth-order valence-corrected chi connectivity index (χ4v) is 5.18. The Morgan fingerprint density at radius 2 is 1.56 bits per heavy atom. The van der Waals surface area contributed by atoms with Crippen LogP contribution in [-0.2, 0) is 9.59 Å². The third-order valence-corrected chi connectivity index (χ3v) is 6.26. The topological polar surface area (TPSA) is 43.9 Å². The molecule has 0 spiro atoms. The van der Waals surface area contributed by atoms with Crippen molar-refractivity contribution in [2.24, 2.45) is 5.92 Å². The van der Waals surface area contributed by atoms with Crippen LogP contribution >= 0.6 is 23.2 Å². The fraction of sp³-hybridized carbons (Fsp3) is 0.300. The number of carbonyl (C=O) groups excluding carboxylic acids is 2. The first-order chi connectivity index (χ1) is 13.1. The quantitative estimate of drug-likeness (QED) is 0.721. The average molecular weight is 402 g/mol. The van der Waals surface area contributed by atoms with Crippen LogP contribution in [0.3, 0.4) is 0 Å². The third-order valence-electron chi connectivity index (χ3n) is 5.70. The highest BCUT2D eigenvalue weighted by atomic mass is 35.5. The number of anilines is 1. The smallest absolute Gasteiger partial charge is 0.253 e. The van der Waals surface area contributed by atoms with Gasteiger partial charge in [0, 0.05) is 23.1 Å². The standard InChI is InChI=1S/C20H17Cl2N3O2/c21-12-7-8-14(15(22)11-12)17-16-18(24-10-4-9-23(17)24)20(27)25(19(16)26)13-5-2-1-3-6-13/h1-3,5-8,11,16-18H,4,9-10H2/t16-,17-,18+/m1/s1. The van der Waals surface area contributed by atoms with Gasteiger partial charge in [-0.2, -0.15) is 0 Å². The fourth-order valence-electron chi connectivity index (χ4n) is 4.66. The van der Waals surface area contributed by atoms with Crippen molar-refractivity contribution in [3.05, 3.63) is 64.1 Å². The van der Waals surface area contributed by atoms with Gasteiger partial charge in [-0.15, -0.1) is 0 Å². The lowest BCUT2D eigenvalue weighted by atomic mass is 9.90. The van der Waals surface area contributed by atoms with Crippen LogP contribution < -0.4 is 4.90 Å². The maximum absolute atomic E-state index is 13.4. The van der Waals surface area contributed by atoms with Gasteiger partial charge < -0.3 is 0 Å². The molecule has 0 aromatic heterocycles. The van der Waals surface area contributed by atoms with Gasteiger partial charge in [0.15, 0.2) is 0 Å². The molecule has 0 unspecified atom stereocenters. The Balaban J connectivity index is 1.61. The minimum atomic E-state index is -0.475. The normalized spacial score (nSPS) is 28.1. The molecule has 3 aliphatic rings. The number of fused-ring (bicyclic) bond motifs is 3. The van der Waals surface area contributed by atoms with Crippen molar-refractivity contribution in [1.82, 2.24) is 10.0 Å². The number of nitrogens with zero attached hydrogens (tertiary/aromatic N) is 3. The lowest BCUT2D eigenvalue weighted by molar-refractivity contribution is -0.126. The SMILES string of the molecule is O=C1[C@H]2[C@@H](C(=O)N1c1ccccc1)N1CCCN1[C@@H]2c1ccc(Cl)cc1Cl. The molecular weight excluding hydrogens is 385 g/mol. The molecule has 2 aromatic carbocycles. The van der Waals surface area contributed by atoms with E-state index in [-0.39, 0.29) is 17.9 Å². The van der Waals surface area contributed by atoms with Crippen molar-refractivity contribution >= 4 is 40.7 Å². The minimum Gasteiger partial charge on any atom is -0.274 e. The molecule has 3 saturated heterocycles. The van der Waals surface area contributed by atoms with E-state index in [1.165, 1.54) is 4.90 Å². The molecule has 138 valence electrons. The number of benzene rings is 2. The number of halogens is 2. The highest BCUT2D eigenvalue weighted by Gasteiger charge is 2.63. The highest BCUT2D eigenvalue weighted by Crippen LogP contribution is 2.50. The summed E-state index contributed by atoms with van der Waals surface area (Å²) in [7, 11) is 0. The van der Waals surface area contributed by atoms with E-state index < -0.39 is 12.0 Å². The van der Waals surface area contributed by atoms with E-state index >= 15 is 0 Å². The Morgan fingerprint density at radius 3 is 2.26 bits per heavy atom. The van der Waals surface area contributed by atoms with Crippen molar-refractivity contribution in [3.63, 3.8) is 0 Å². The first kappa shape index (κ1) is 17.2. The highest BCUT2D eigenvalue weighted by molar-refractivity contribution is 6.35. The van der Waals surface area contributed by atoms with Crippen LogP contribution in [0.5, 0.6) is 0 Å². The van der Waals surface area contributed by atoms with Crippen molar-refractivity contribution < 1.29 is 9.59 Å². The van der Waals surface area contributed by atoms with Crippen LogP contribution in [-0.4, -0.2) is 41.0 Å². The van der Waals surface area contributed by atoms with Gasteiger partial charge in [-0.25, -0.2) is 14.9 Å². The van der Waals surface area contributed by atoms with Gasteiger partial charge in [-0.1, -0.05) is 47.5 Å². The van der Waals surface area contributed by atoms with Crippen LogP contribution in [0.25, 0.3) is 0 Å². The van der Waals surface area contributed by atoms with Gasteiger partial charge in [0.25, 0.3) is 5.91 Å². The lowest BCUT2D eigenvalue weighted by Gasteiger charge is -2.30. The van der Waals surface area contributed by atoms with Crippen LogP contribution in [0.15, 0.2) is 48.5 Å². The van der Waals surface area contributed by atoms with Gasteiger partial charge in [-0.3, -0.25) is 9.59 Å². The monoisotopic (exact) mass is 401 g/mol. The third kappa shape index (κ3) is 2.46. The van der Waals surface area contributed by atoms with Gasteiger partial charge in [-0.05, 0) is 36.2 Å². The number of carbonyl (C=O) groups is 2. The molecule has 2 amide bonds. The van der Waals surface area contributed by atoms with E-state index in [2.05, 4.69) is 10.0 Å². The van der Waals surface area contributed by atoms with Gasteiger partial charge in [0.1, 0.15) is 6.04 Å². The number of hydrogen-bond acceptors (Lipinski definition) is 4. The number of imide groups is 1. The first-order valence-corrected chi connectivity index (χ1v) is 9.74. The molecule has 3 heterocycles. The lowest BCUT2D eigenvalue weighted by Crippen LogP contribution is -2.44. The molecule has 7 heteroatoms. The molecule has 0 radical (unpaired) electrons. The molecule has 0 bridgehead atoms. The average Bonchev–Trinajstić information content (AvgIpc) is 3.29. The van der Waals surface area contributed by atoms with E-state index in [4.69, 9.17) is 23.2 Å². The van der Waals surface area contributed by atoms with E-state index in [1.54, 1.807) is 24.3 Å². The van der Waals surface area contributed by atoms with Crippen LogP contribution in [0, 0.1) is 5.92 Å². The van der Waals surface area contributed by atoms with Crippen molar-refractivity contribution in [2.45, 2.75) is 18.5 Å². The number of hydrogen-bond donors (Lipinski definition) is 0. The molecule has 3 atom stereocenters. The van der Waals surface area contributed by atoms with Crippen LogP contribution in [0.1, 0.15) is 18.0 Å². The second-order valence-corrected chi connectivity index (χ2v) is 7.95. The molecule has 2 aromatic rings. The van der Waals surface area contributed by atoms with Gasteiger partial charge in [0.2, 0.25) is 5.91 Å².